The van der Waals surface area contributed by atoms with Gasteiger partial charge in [0.15, 0.2) is 0 Å². The van der Waals surface area contributed by atoms with E-state index in [0.717, 1.165) is 16.7 Å². The van der Waals surface area contributed by atoms with Gasteiger partial charge in [0.25, 0.3) is 0 Å². The van der Waals surface area contributed by atoms with Crippen molar-refractivity contribution in [1.82, 2.24) is 15.0 Å². The van der Waals surface area contributed by atoms with E-state index in [2.05, 4.69) is 31.7 Å². The zero-order chi connectivity index (χ0) is 15.2. The molecule has 6 nitrogen and oxygen atoms in total. The molecule has 3 rings (SSSR count). The Hall–Kier alpha value is -2.89. The summed E-state index contributed by atoms with van der Waals surface area (Å²) in [5.74, 6) is 1.95. The van der Waals surface area contributed by atoms with Gasteiger partial charge < -0.3 is 15.4 Å². The van der Waals surface area contributed by atoms with E-state index in [1.165, 1.54) is 0 Å². The highest BCUT2D eigenvalue weighted by atomic mass is 16.5. The number of hydrogen-bond acceptors (Lipinski definition) is 6. The number of para-hydroxylation sites is 1. The van der Waals surface area contributed by atoms with Gasteiger partial charge >= 0.3 is 0 Å². The van der Waals surface area contributed by atoms with Crippen LogP contribution >= 0.6 is 0 Å². The lowest BCUT2D eigenvalue weighted by Gasteiger charge is -2.08. The number of hydrogen-bond donors (Lipinski definition) is 2. The van der Waals surface area contributed by atoms with E-state index in [4.69, 9.17) is 4.74 Å². The topological polar surface area (TPSA) is 72.0 Å². The van der Waals surface area contributed by atoms with Gasteiger partial charge in [-0.05, 0) is 18.2 Å². The number of ether oxygens (including phenoxy) is 1. The number of aromatic nitrogens is 3. The Bertz CT molecular complexity index is 762. The van der Waals surface area contributed by atoms with E-state index >= 15 is 0 Å². The van der Waals surface area contributed by atoms with Crippen LogP contribution in [0.5, 0.6) is 5.88 Å². The number of nitrogens with zero attached hydrogens (tertiary/aromatic N) is 3. The van der Waals surface area contributed by atoms with Crippen LogP contribution in [0.15, 0.2) is 48.7 Å². The maximum atomic E-state index is 5.05. The number of rotatable bonds is 6. The number of nitrogens with one attached hydrogen (secondary N) is 2. The summed E-state index contributed by atoms with van der Waals surface area (Å²) < 4.78 is 5.05. The molecule has 3 aromatic rings. The number of pyridine rings is 1. The maximum absolute atomic E-state index is 5.05. The van der Waals surface area contributed by atoms with Gasteiger partial charge in [-0.1, -0.05) is 18.2 Å². The van der Waals surface area contributed by atoms with Crippen LogP contribution in [0, 0.1) is 0 Å². The van der Waals surface area contributed by atoms with Crippen molar-refractivity contribution in [2.24, 2.45) is 0 Å². The van der Waals surface area contributed by atoms with Crippen LogP contribution in [0.4, 0.5) is 11.8 Å². The summed E-state index contributed by atoms with van der Waals surface area (Å²) in [6.07, 6.45) is 1.66. The summed E-state index contributed by atoms with van der Waals surface area (Å²) in [6.45, 7) is 1.40. The number of methoxy groups -OCH3 is 1. The third-order valence-electron chi connectivity index (χ3n) is 3.15. The molecule has 2 N–H and O–H groups in total. The van der Waals surface area contributed by atoms with Gasteiger partial charge in [0, 0.05) is 30.7 Å². The van der Waals surface area contributed by atoms with Crippen LogP contribution in [0.25, 0.3) is 10.9 Å². The first-order valence-electron chi connectivity index (χ1n) is 7.06. The molecule has 0 fully saturated rings. The van der Waals surface area contributed by atoms with Crippen molar-refractivity contribution in [3.05, 3.63) is 48.7 Å². The average Bonchev–Trinajstić information content (AvgIpc) is 2.59. The molecule has 0 amide bonds. The largest absolute Gasteiger partial charge is 0.481 e. The summed E-state index contributed by atoms with van der Waals surface area (Å²) in [6, 6.07) is 13.8. The molecule has 2 aromatic heterocycles. The van der Waals surface area contributed by atoms with Crippen LogP contribution in [0.3, 0.4) is 0 Å². The molecule has 0 aliphatic rings. The predicted octanol–water partition coefficient (Wildman–Crippen LogP) is 2.56. The smallest absolute Gasteiger partial charge is 0.226 e. The van der Waals surface area contributed by atoms with E-state index in [1.54, 1.807) is 19.4 Å². The fourth-order valence-electron chi connectivity index (χ4n) is 2.07. The third kappa shape index (κ3) is 3.41. The Kier molecular flexibility index (Phi) is 4.29. The molecule has 0 atom stereocenters. The minimum atomic E-state index is 0.543. The second-order valence-corrected chi connectivity index (χ2v) is 4.67. The summed E-state index contributed by atoms with van der Waals surface area (Å²) >= 11 is 0. The monoisotopic (exact) mass is 295 g/mol. The van der Waals surface area contributed by atoms with Crippen molar-refractivity contribution in [3.63, 3.8) is 0 Å². The van der Waals surface area contributed by atoms with Gasteiger partial charge in [0.2, 0.25) is 11.8 Å². The molecule has 0 saturated heterocycles. The van der Waals surface area contributed by atoms with E-state index in [0.29, 0.717) is 24.9 Å². The van der Waals surface area contributed by atoms with Crippen molar-refractivity contribution in [2.75, 3.05) is 30.8 Å². The molecule has 2 heterocycles. The second kappa shape index (κ2) is 6.71. The predicted molar refractivity (Wildman–Crippen MR) is 87.3 cm³/mol. The Morgan fingerprint density at radius 3 is 2.73 bits per heavy atom. The summed E-state index contributed by atoms with van der Waals surface area (Å²) in [5.41, 5.74) is 0.983. The molecule has 0 aliphatic heterocycles. The first-order valence-corrected chi connectivity index (χ1v) is 7.06. The molecule has 22 heavy (non-hydrogen) atoms. The molecular weight excluding hydrogens is 278 g/mol. The molecule has 1 aromatic carbocycles. The van der Waals surface area contributed by atoms with Gasteiger partial charge in [-0.25, -0.2) is 9.97 Å². The SMILES string of the molecule is COc1ccnc(NCCNc2ccc3ccccc3n2)n1. The normalized spacial score (nSPS) is 10.4. The minimum absolute atomic E-state index is 0.543. The van der Waals surface area contributed by atoms with E-state index in [1.807, 2.05) is 30.3 Å². The molecule has 0 bridgehead atoms. The number of fused-ring (bicyclic) bond motifs is 1. The Morgan fingerprint density at radius 1 is 0.955 bits per heavy atom. The first kappa shape index (κ1) is 14.1. The number of anilines is 2. The van der Waals surface area contributed by atoms with Crippen LogP contribution < -0.4 is 15.4 Å². The minimum Gasteiger partial charge on any atom is -0.481 e. The van der Waals surface area contributed by atoms with Crippen LogP contribution in [-0.2, 0) is 0 Å². The fraction of sp³-hybridized carbons (Fsp3) is 0.188. The van der Waals surface area contributed by atoms with Gasteiger partial charge in [-0.3, -0.25) is 0 Å². The van der Waals surface area contributed by atoms with Crippen molar-refractivity contribution in [3.8, 4) is 5.88 Å². The molecule has 0 unspecified atom stereocenters. The highest BCUT2D eigenvalue weighted by Crippen LogP contribution is 2.14. The Balaban J connectivity index is 1.53. The average molecular weight is 295 g/mol. The molecular formula is C16H17N5O. The van der Waals surface area contributed by atoms with Crippen molar-refractivity contribution < 1.29 is 4.74 Å². The summed E-state index contributed by atoms with van der Waals surface area (Å²) in [4.78, 5) is 12.9. The molecule has 0 radical (unpaired) electrons. The van der Waals surface area contributed by atoms with Crippen LogP contribution in [0.2, 0.25) is 0 Å². The molecule has 0 aliphatic carbocycles. The lowest BCUT2D eigenvalue weighted by atomic mass is 10.2. The quantitative estimate of drug-likeness (QED) is 0.681. The molecule has 6 heteroatoms. The van der Waals surface area contributed by atoms with Gasteiger partial charge in [-0.15, -0.1) is 0 Å². The zero-order valence-electron chi connectivity index (χ0n) is 12.3. The second-order valence-electron chi connectivity index (χ2n) is 4.67. The summed E-state index contributed by atoms with van der Waals surface area (Å²) in [7, 11) is 1.58. The van der Waals surface area contributed by atoms with Crippen LogP contribution in [0.1, 0.15) is 0 Å². The lowest BCUT2D eigenvalue weighted by Crippen LogP contribution is -2.15. The summed E-state index contributed by atoms with van der Waals surface area (Å²) in [5, 5.41) is 7.54. The van der Waals surface area contributed by atoms with Gasteiger partial charge in [0.05, 0.1) is 12.6 Å². The first-order chi connectivity index (χ1) is 10.8. The van der Waals surface area contributed by atoms with Gasteiger partial charge in [0.1, 0.15) is 5.82 Å². The zero-order valence-corrected chi connectivity index (χ0v) is 12.3. The van der Waals surface area contributed by atoms with Crippen LogP contribution in [-0.4, -0.2) is 35.2 Å². The standard InChI is InChI=1S/C16H17N5O/c1-22-15-8-9-18-16(21-15)19-11-10-17-14-7-6-12-4-2-3-5-13(12)20-14/h2-9H,10-11H2,1H3,(H,17,20)(H,18,19,21). The fourth-order valence-corrected chi connectivity index (χ4v) is 2.07. The van der Waals surface area contributed by atoms with E-state index in [9.17, 15) is 0 Å². The Morgan fingerprint density at radius 2 is 1.82 bits per heavy atom. The van der Waals surface area contributed by atoms with Crippen molar-refractivity contribution >= 4 is 22.7 Å². The highest BCUT2D eigenvalue weighted by molar-refractivity contribution is 5.80. The van der Waals surface area contributed by atoms with E-state index in [-0.39, 0.29) is 0 Å². The van der Waals surface area contributed by atoms with Gasteiger partial charge in [-0.2, -0.15) is 4.98 Å². The van der Waals surface area contributed by atoms with E-state index < -0.39 is 0 Å². The number of benzene rings is 1. The Labute approximate surface area is 128 Å². The maximum Gasteiger partial charge on any atom is 0.226 e. The molecule has 0 saturated carbocycles. The lowest BCUT2D eigenvalue weighted by molar-refractivity contribution is 0.397. The van der Waals surface area contributed by atoms with Crippen molar-refractivity contribution in [1.29, 1.82) is 0 Å². The highest BCUT2D eigenvalue weighted by Gasteiger charge is 1.99. The molecule has 112 valence electrons. The molecule has 0 spiro atoms. The third-order valence-corrected chi connectivity index (χ3v) is 3.15. The van der Waals surface area contributed by atoms with Crippen molar-refractivity contribution in [2.45, 2.75) is 0 Å².